The molecule has 0 amide bonds. The zero-order valence-electron chi connectivity index (χ0n) is 11.4. The first-order valence-electron chi connectivity index (χ1n) is 6.82. The Morgan fingerprint density at radius 3 is 3.00 bits per heavy atom. The van der Waals surface area contributed by atoms with E-state index in [1.54, 1.807) is 6.07 Å². The SMILES string of the molecule is Cc1ccc(F)cc1OCC1OCCc2ccccc21. The molecule has 0 aliphatic carbocycles. The first-order valence-corrected chi connectivity index (χ1v) is 6.82. The molecule has 0 saturated carbocycles. The lowest BCUT2D eigenvalue weighted by molar-refractivity contribution is 0.00998. The maximum atomic E-state index is 13.2. The van der Waals surface area contributed by atoms with Gasteiger partial charge in [0, 0.05) is 6.07 Å². The van der Waals surface area contributed by atoms with E-state index in [2.05, 4.69) is 12.1 Å². The normalized spacial score (nSPS) is 17.6. The smallest absolute Gasteiger partial charge is 0.126 e. The van der Waals surface area contributed by atoms with Crippen LogP contribution in [0.5, 0.6) is 5.75 Å². The van der Waals surface area contributed by atoms with Crippen LogP contribution < -0.4 is 4.74 Å². The van der Waals surface area contributed by atoms with E-state index in [1.165, 1.54) is 23.3 Å². The van der Waals surface area contributed by atoms with Gasteiger partial charge in [0.2, 0.25) is 0 Å². The van der Waals surface area contributed by atoms with Gasteiger partial charge in [-0.25, -0.2) is 4.39 Å². The van der Waals surface area contributed by atoms with Crippen LogP contribution in [0.25, 0.3) is 0 Å². The van der Waals surface area contributed by atoms with Gasteiger partial charge in [-0.3, -0.25) is 0 Å². The Morgan fingerprint density at radius 2 is 2.10 bits per heavy atom. The summed E-state index contributed by atoms with van der Waals surface area (Å²) in [5.41, 5.74) is 3.41. The van der Waals surface area contributed by atoms with Crippen molar-refractivity contribution in [1.29, 1.82) is 0 Å². The molecular formula is C17H17FO2. The Balaban J connectivity index is 1.75. The van der Waals surface area contributed by atoms with Crippen molar-refractivity contribution in [1.82, 2.24) is 0 Å². The van der Waals surface area contributed by atoms with E-state index in [4.69, 9.17) is 9.47 Å². The van der Waals surface area contributed by atoms with Gasteiger partial charge in [-0.05, 0) is 36.1 Å². The van der Waals surface area contributed by atoms with Crippen molar-refractivity contribution in [3.63, 3.8) is 0 Å². The maximum absolute atomic E-state index is 13.2. The Labute approximate surface area is 118 Å². The van der Waals surface area contributed by atoms with Crippen LogP contribution in [-0.2, 0) is 11.2 Å². The van der Waals surface area contributed by atoms with Gasteiger partial charge in [0.15, 0.2) is 0 Å². The predicted octanol–water partition coefficient (Wildman–Crippen LogP) is 3.83. The monoisotopic (exact) mass is 272 g/mol. The summed E-state index contributed by atoms with van der Waals surface area (Å²) in [5.74, 6) is 0.298. The number of ether oxygens (including phenoxy) is 2. The molecule has 0 fully saturated rings. The minimum absolute atomic E-state index is 0.0809. The minimum Gasteiger partial charge on any atom is -0.490 e. The molecule has 1 aliphatic rings. The summed E-state index contributed by atoms with van der Waals surface area (Å²) >= 11 is 0. The van der Waals surface area contributed by atoms with Gasteiger partial charge in [0.25, 0.3) is 0 Å². The Kier molecular flexibility index (Phi) is 3.70. The van der Waals surface area contributed by atoms with Crippen LogP contribution in [0.4, 0.5) is 4.39 Å². The molecule has 1 unspecified atom stereocenters. The van der Waals surface area contributed by atoms with Crippen LogP contribution in [0.15, 0.2) is 42.5 Å². The summed E-state index contributed by atoms with van der Waals surface area (Å²) in [6.45, 7) is 3.01. The van der Waals surface area contributed by atoms with Gasteiger partial charge in [-0.2, -0.15) is 0 Å². The van der Waals surface area contributed by atoms with E-state index in [0.29, 0.717) is 19.0 Å². The molecule has 20 heavy (non-hydrogen) atoms. The first-order chi connectivity index (χ1) is 9.74. The van der Waals surface area contributed by atoms with E-state index in [9.17, 15) is 4.39 Å². The fourth-order valence-electron chi connectivity index (χ4n) is 2.51. The third-order valence-corrected chi connectivity index (χ3v) is 3.63. The molecule has 3 heteroatoms. The lowest BCUT2D eigenvalue weighted by Crippen LogP contribution is -2.21. The minimum atomic E-state index is -0.282. The fourth-order valence-corrected chi connectivity index (χ4v) is 2.51. The van der Waals surface area contributed by atoms with Crippen molar-refractivity contribution in [2.75, 3.05) is 13.2 Å². The summed E-state index contributed by atoms with van der Waals surface area (Å²) in [6.07, 6.45) is 0.855. The molecule has 0 N–H and O–H groups in total. The highest BCUT2D eigenvalue weighted by molar-refractivity contribution is 5.34. The Hall–Kier alpha value is -1.87. The molecule has 1 heterocycles. The number of hydrogen-bond donors (Lipinski definition) is 0. The maximum Gasteiger partial charge on any atom is 0.126 e. The summed E-state index contributed by atoms with van der Waals surface area (Å²) in [5, 5.41) is 0. The number of fused-ring (bicyclic) bond motifs is 1. The Bertz CT molecular complexity index is 610. The van der Waals surface area contributed by atoms with Crippen LogP contribution in [0, 0.1) is 12.7 Å². The second-order valence-electron chi connectivity index (χ2n) is 5.03. The number of halogens is 1. The lowest BCUT2D eigenvalue weighted by atomic mass is 9.98. The highest BCUT2D eigenvalue weighted by Crippen LogP contribution is 2.28. The van der Waals surface area contributed by atoms with E-state index < -0.39 is 0 Å². The van der Waals surface area contributed by atoms with Crippen molar-refractivity contribution in [3.8, 4) is 5.75 Å². The molecule has 2 aromatic carbocycles. The highest BCUT2D eigenvalue weighted by atomic mass is 19.1. The molecule has 2 nitrogen and oxygen atoms in total. The molecule has 0 saturated heterocycles. The summed E-state index contributed by atoms with van der Waals surface area (Å²) in [4.78, 5) is 0. The third-order valence-electron chi connectivity index (χ3n) is 3.63. The molecule has 0 radical (unpaired) electrons. The molecule has 0 spiro atoms. The fraction of sp³-hybridized carbons (Fsp3) is 0.294. The molecule has 1 aliphatic heterocycles. The first kappa shape index (κ1) is 13.1. The van der Waals surface area contributed by atoms with Crippen molar-refractivity contribution in [3.05, 3.63) is 65.0 Å². The lowest BCUT2D eigenvalue weighted by Gasteiger charge is -2.26. The average Bonchev–Trinajstić information content (AvgIpc) is 2.48. The van der Waals surface area contributed by atoms with Crippen LogP contribution in [0.2, 0.25) is 0 Å². The number of hydrogen-bond acceptors (Lipinski definition) is 2. The zero-order valence-corrected chi connectivity index (χ0v) is 11.4. The number of rotatable bonds is 3. The van der Waals surface area contributed by atoms with Crippen LogP contribution in [0.3, 0.4) is 0 Å². The molecule has 2 aromatic rings. The second-order valence-corrected chi connectivity index (χ2v) is 5.03. The second kappa shape index (κ2) is 5.63. The molecular weight excluding hydrogens is 255 g/mol. The van der Waals surface area contributed by atoms with Gasteiger partial charge >= 0.3 is 0 Å². The van der Waals surface area contributed by atoms with E-state index in [-0.39, 0.29) is 11.9 Å². The van der Waals surface area contributed by atoms with E-state index in [1.807, 2.05) is 19.1 Å². The van der Waals surface area contributed by atoms with E-state index in [0.717, 1.165) is 12.0 Å². The van der Waals surface area contributed by atoms with Gasteiger partial charge < -0.3 is 9.47 Å². The largest absolute Gasteiger partial charge is 0.490 e. The van der Waals surface area contributed by atoms with Crippen molar-refractivity contribution in [2.24, 2.45) is 0 Å². The highest BCUT2D eigenvalue weighted by Gasteiger charge is 2.21. The van der Waals surface area contributed by atoms with Crippen LogP contribution >= 0.6 is 0 Å². The third kappa shape index (κ3) is 2.68. The molecule has 3 rings (SSSR count). The quantitative estimate of drug-likeness (QED) is 0.845. The van der Waals surface area contributed by atoms with Crippen molar-refractivity contribution < 1.29 is 13.9 Å². The molecule has 1 atom stereocenters. The van der Waals surface area contributed by atoms with Gasteiger partial charge in [0.1, 0.15) is 24.3 Å². The average molecular weight is 272 g/mol. The topological polar surface area (TPSA) is 18.5 Å². The predicted molar refractivity (Wildman–Crippen MR) is 75.5 cm³/mol. The molecule has 0 aromatic heterocycles. The van der Waals surface area contributed by atoms with Crippen LogP contribution in [-0.4, -0.2) is 13.2 Å². The summed E-state index contributed by atoms with van der Waals surface area (Å²) < 4.78 is 24.8. The number of aryl methyl sites for hydroxylation is 1. The summed E-state index contributed by atoms with van der Waals surface area (Å²) in [7, 11) is 0. The summed E-state index contributed by atoms with van der Waals surface area (Å²) in [6, 6.07) is 12.8. The Morgan fingerprint density at radius 1 is 1.25 bits per heavy atom. The standard InChI is InChI=1S/C17H17FO2/c1-12-6-7-14(18)10-16(12)20-11-17-15-5-3-2-4-13(15)8-9-19-17/h2-7,10,17H,8-9,11H2,1H3. The van der Waals surface area contributed by atoms with Gasteiger partial charge in [-0.15, -0.1) is 0 Å². The zero-order chi connectivity index (χ0) is 13.9. The van der Waals surface area contributed by atoms with Crippen LogP contribution in [0.1, 0.15) is 22.8 Å². The van der Waals surface area contributed by atoms with Crippen molar-refractivity contribution >= 4 is 0 Å². The van der Waals surface area contributed by atoms with E-state index >= 15 is 0 Å². The number of benzene rings is 2. The molecule has 0 bridgehead atoms. The van der Waals surface area contributed by atoms with Crippen molar-refractivity contribution in [2.45, 2.75) is 19.4 Å². The van der Waals surface area contributed by atoms with Gasteiger partial charge in [0.05, 0.1) is 6.61 Å². The van der Waals surface area contributed by atoms with Gasteiger partial charge in [-0.1, -0.05) is 30.3 Å². The molecule has 104 valence electrons.